The van der Waals surface area contributed by atoms with Crippen molar-refractivity contribution in [1.29, 1.82) is 0 Å². The summed E-state index contributed by atoms with van der Waals surface area (Å²) < 4.78 is 40.9. The number of nitrogens with zero attached hydrogens (tertiary/aromatic N) is 6. The SMILES string of the molecule is Cc1cc(C(F)(F)F)n2nc(C(=O)N3C[C@H]4CCc5cnc(C)nc5[C@H]4C3)cc2n1. The van der Waals surface area contributed by atoms with Crippen molar-refractivity contribution in [2.24, 2.45) is 5.92 Å². The molecule has 1 aliphatic carbocycles. The van der Waals surface area contributed by atoms with Crippen LogP contribution in [0.4, 0.5) is 13.2 Å². The third kappa shape index (κ3) is 3.01. The first-order chi connectivity index (χ1) is 14.2. The number of fused-ring (bicyclic) bond motifs is 4. The number of amides is 1. The van der Waals surface area contributed by atoms with Crippen molar-refractivity contribution >= 4 is 11.6 Å². The second kappa shape index (κ2) is 6.48. The van der Waals surface area contributed by atoms with Crippen molar-refractivity contribution in [2.45, 2.75) is 38.8 Å². The number of aryl methyl sites for hydroxylation is 3. The van der Waals surface area contributed by atoms with Crippen molar-refractivity contribution in [3.05, 3.63) is 52.5 Å². The van der Waals surface area contributed by atoms with Gasteiger partial charge in [-0.1, -0.05) is 0 Å². The number of carbonyl (C=O) groups is 1. The highest BCUT2D eigenvalue weighted by Gasteiger charge is 2.41. The van der Waals surface area contributed by atoms with Crippen LogP contribution in [0.5, 0.6) is 0 Å². The van der Waals surface area contributed by atoms with Crippen LogP contribution in [0.25, 0.3) is 5.65 Å². The molecule has 30 heavy (non-hydrogen) atoms. The normalized spacial score (nSPS) is 21.0. The number of hydrogen-bond donors (Lipinski definition) is 0. The molecule has 10 heteroatoms. The van der Waals surface area contributed by atoms with Crippen LogP contribution in [0.2, 0.25) is 0 Å². The van der Waals surface area contributed by atoms with Crippen LogP contribution >= 0.6 is 0 Å². The lowest BCUT2D eigenvalue weighted by Crippen LogP contribution is -2.29. The zero-order chi connectivity index (χ0) is 21.2. The molecule has 0 saturated carbocycles. The Morgan fingerprint density at radius 2 is 1.97 bits per heavy atom. The van der Waals surface area contributed by atoms with E-state index >= 15 is 0 Å². The third-order valence-electron chi connectivity index (χ3n) is 5.95. The highest BCUT2D eigenvalue weighted by molar-refractivity contribution is 5.93. The van der Waals surface area contributed by atoms with Gasteiger partial charge in [-0.3, -0.25) is 4.79 Å². The largest absolute Gasteiger partial charge is 0.433 e. The van der Waals surface area contributed by atoms with E-state index in [-0.39, 0.29) is 34.8 Å². The van der Waals surface area contributed by atoms with Gasteiger partial charge < -0.3 is 4.90 Å². The van der Waals surface area contributed by atoms with Gasteiger partial charge in [0.25, 0.3) is 5.91 Å². The lowest BCUT2D eigenvalue weighted by Gasteiger charge is -2.25. The van der Waals surface area contributed by atoms with E-state index in [4.69, 9.17) is 0 Å². The minimum absolute atomic E-state index is 0.0102. The van der Waals surface area contributed by atoms with Gasteiger partial charge in [0.15, 0.2) is 11.3 Å². The molecule has 0 N–H and O–H groups in total. The molecule has 3 aromatic rings. The van der Waals surface area contributed by atoms with Crippen LogP contribution in [0.15, 0.2) is 18.3 Å². The van der Waals surface area contributed by atoms with Crippen molar-refractivity contribution in [3.63, 3.8) is 0 Å². The Bertz CT molecular complexity index is 1170. The minimum Gasteiger partial charge on any atom is -0.336 e. The van der Waals surface area contributed by atoms with E-state index in [1.807, 2.05) is 13.1 Å². The summed E-state index contributed by atoms with van der Waals surface area (Å²) in [6, 6.07) is 2.25. The molecule has 4 heterocycles. The first-order valence-electron chi connectivity index (χ1n) is 9.77. The summed E-state index contributed by atoms with van der Waals surface area (Å²) in [5.41, 5.74) is 1.35. The summed E-state index contributed by atoms with van der Waals surface area (Å²) in [7, 11) is 0. The first kappa shape index (κ1) is 19.0. The van der Waals surface area contributed by atoms with Gasteiger partial charge in [-0.2, -0.15) is 18.3 Å². The molecule has 0 aromatic carbocycles. The van der Waals surface area contributed by atoms with Gasteiger partial charge in [0, 0.05) is 37.0 Å². The first-order valence-corrected chi connectivity index (χ1v) is 9.77. The van der Waals surface area contributed by atoms with E-state index in [0.29, 0.717) is 23.4 Å². The van der Waals surface area contributed by atoms with E-state index < -0.39 is 11.9 Å². The molecule has 1 fully saturated rings. The van der Waals surface area contributed by atoms with Crippen LogP contribution in [0, 0.1) is 19.8 Å². The van der Waals surface area contributed by atoms with Crippen LogP contribution < -0.4 is 0 Å². The number of aromatic nitrogens is 5. The molecule has 5 rings (SSSR count). The van der Waals surface area contributed by atoms with Gasteiger partial charge in [-0.05, 0) is 44.2 Å². The maximum absolute atomic E-state index is 13.4. The van der Waals surface area contributed by atoms with Crippen LogP contribution in [0.1, 0.15) is 51.3 Å². The van der Waals surface area contributed by atoms with Crippen LogP contribution in [-0.2, 0) is 12.6 Å². The Hall–Kier alpha value is -3.04. The van der Waals surface area contributed by atoms with E-state index in [2.05, 4.69) is 20.1 Å². The summed E-state index contributed by atoms with van der Waals surface area (Å²) in [5.74, 6) is 0.704. The fourth-order valence-corrected chi connectivity index (χ4v) is 4.57. The Labute approximate surface area is 170 Å². The number of halogens is 3. The average Bonchev–Trinajstić information content (AvgIpc) is 3.30. The molecule has 1 amide bonds. The monoisotopic (exact) mass is 416 g/mol. The molecular weight excluding hydrogens is 397 g/mol. The van der Waals surface area contributed by atoms with Gasteiger partial charge in [0.05, 0.1) is 5.69 Å². The number of rotatable bonds is 1. The van der Waals surface area contributed by atoms with Crippen LogP contribution in [-0.4, -0.2) is 48.5 Å². The van der Waals surface area contributed by atoms with Crippen molar-refractivity contribution in [3.8, 4) is 0 Å². The maximum Gasteiger partial charge on any atom is 0.433 e. The number of alkyl halides is 3. The standard InChI is InChI=1S/C20H19F3N6O/c1-10-5-16(20(21,22)23)29-17(25-10)6-15(27-29)19(30)28-8-13-4-3-12-7-24-11(2)26-18(12)14(13)9-28/h5-7,13-14H,3-4,8-9H2,1-2H3/t13-,14+/m1/s1. The Morgan fingerprint density at radius 1 is 1.17 bits per heavy atom. The van der Waals surface area contributed by atoms with Crippen molar-refractivity contribution in [1.82, 2.24) is 29.5 Å². The van der Waals surface area contributed by atoms with Crippen molar-refractivity contribution < 1.29 is 18.0 Å². The zero-order valence-corrected chi connectivity index (χ0v) is 16.4. The van der Waals surface area contributed by atoms with E-state index in [1.165, 1.54) is 13.0 Å². The molecule has 156 valence electrons. The van der Waals surface area contributed by atoms with Gasteiger partial charge in [0.2, 0.25) is 0 Å². The summed E-state index contributed by atoms with van der Waals surface area (Å²) in [4.78, 5) is 27.7. The van der Waals surface area contributed by atoms with Gasteiger partial charge in [0.1, 0.15) is 11.5 Å². The molecule has 0 spiro atoms. The minimum atomic E-state index is -4.60. The molecule has 3 aromatic heterocycles. The molecule has 0 bridgehead atoms. The van der Waals surface area contributed by atoms with Crippen LogP contribution in [0.3, 0.4) is 0 Å². The second-order valence-electron chi connectivity index (χ2n) is 8.02. The average molecular weight is 416 g/mol. The number of likely N-dealkylation sites (tertiary alicyclic amines) is 1. The van der Waals surface area contributed by atoms with E-state index in [0.717, 1.165) is 30.2 Å². The highest BCUT2D eigenvalue weighted by atomic mass is 19.4. The molecule has 0 radical (unpaired) electrons. The summed E-state index contributed by atoms with van der Waals surface area (Å²) in [6.45, 7) is 4.33. The second-order valence-corrected chi connectivity index (χ2v) is 8.02. The zero-order valence-electron chi connectivity index (χ0n) is 16.4. The van der Waals surface area contributed by atoms with E-state index in [1.54, 1.807) is 4.90 Å². The third-order valence-corrected chi connectivity index (χ3v) is 5.95. The molecule has 7 nitrogen and oxygen atoms in total. The lowest BCUT2D eigenvalue weighted by atomic mass is 9.80. The number of carbonyl (C=O) groups excluding carboxylic acids is 1. The molecule has 2 atom stereocenters. The fourth-order valence-electron chi connectivity index (χ4n) is 4.57. The number of hydrogen-bond acceptors (Lipinski definition) is 5. The van der Waals surface area contributed by atoms with Crippen molar-refractivity contribution in [2.75, 3.05) is 13.1 Å². The molecule has 2 aliphatic rings. The molecule has 0 unspecified atom stereocenters. The smallest absolute Gasteiger partial charge is 0.336 e. The molecular formula is C20H19F3N6O. The molecule has 1 aliphatic heterocycles. The molecule has 1 saturated heterocycles. The van der Waals surface area contributed by atoms with E-state index in [9.17, 15) is 18.0 Å². The summed E-state index contributed by atoms with van der Waals surface area (Å²) >= 11 is 0. The van der Waals surface area contributed by atoms with Gasteiger partial charge in [-0.25, -0.2) is 19.5 Å². The quantitative estimate of drug-likeness (QED) is 0.610. The van der Waals surface area contributed by atoms with Gasteiger partial charge in [-0.15, -0.1) is 0 Å². The Balaban J connectivity index is 1.47. The lowest BCUT2D eigenvalue weighted by molar-refractivity contribution is -0.142. The topological polar surface area (TPSA) is 76.3 Å². The fraction of sp³-hybridized carbons (Fsp3) is 0.450. The highest BCUT2D eigenvalue weighted by Crippen LogP contribution is 2.40. The predicted molar refractivity (Wildman–Crippen MR) is 100.0 cm³/mol. The summed E-state index contributed by atoms with van der Waals surface area (Å²) in [5, 5.41) is 3.96. The Kier molecular flexibility index (Phi) is 4.09. The predicted octanol–water partition coefficient (Wildman–Crippen LogP) is 2.96. The Morgan fingerprint density at radius 3 is 2.73 bits per heavy atom. The summed E-state index contributed by atoms with van der Waals surface area (Å²) in [6.07, 6.45) is -0.946. The maximum atomic E-state index is 13.4. The van der Waals surface area contributed by atoms with Gasteiger partial charge >= 0.3 is 6.18 Å².